The molecule has 0 amide bonds. The average Bonchev–Trinajstić information content (AvgIpc) is 2.99. The van der Waals surface area contributed by atoms with Crippen molar-refractivity contribution in [1.82, 2.24) is 29.7 Å². The third kappa shape index (κ3) is 5.20. The summed E-state index contributed by atoms with van der Waals surface area (Å²) in [5.41, 5.74) is 6.80. The number of aryl methyl sites for hydroxylation is 1. The molecule has 3 heterocycles. The van der Waals surface area contributed by atoms with Gasteiger partial charge in [0.2, 0.25) is 0 Å². The topological polar surface area (TPSA) is 114 Å². The maximum Gasteiger partial charge on any atom is 0.327 e. The van der Waals surface area contributed by atoms with E-state index in [1.165, 1.54) is 0 Å². The lowest BCUT2D eigenvalue weighted by atomic mass is 10.2. The van der Waals surface area contributed by atoms with Crippen molar-refractivity contribution in [3.63, 3.8) is 0 Å². The molecule has 1 aliphatic rings. The summed E-state index contributed by atoms with van der Waals surface area (Å²) in [6.07, 6.45) is 5.09. The highest BCUT2D eigenvalue weighted by molar-refractivity contribution is 5.81. The zero-order chi connectivity index (χ0) is 19.1. The average molecular weight is 377 g/mol. The highest BCUT2D eigenvalue weighted by Gasteiger charge is 2.14. The van der Waals surface area contributed by atoms with Crippen LogP contribution in [-0.2, 0) is 6.54 Å². The Morgan fingerprint density at radius 2 is 1.89 bits per heavy atom. The number of nitrogen functional groups attached to an aromatic ring is 1. The summed E-state index contributed by atoms with van der Waals surface area (Å²) in [4.78, 5) is 26.1. The molecule has 0 aliphatic carbocycles. The summed E-state index contributed by atoms with van der Waals surface area (Å²) in [5.74, 6) is 0.251. The first kappa shape index (κ1) is 19.6. The summed E-state index contributed by atoms with van der Waals surface area (Å²) >= 11 is 0. The Balaban J connectivity index is 1.57. The lowest BCUT2D eigenvalue weighted by Gasteiger charge is -2.27. The Bertz CT molecular complexity index is 780. The van der Waals surface area contributed by atoms with Gasteiger partial charge in [-0.2, -0.15) is 9.97 Å². The van der Waals surface area contributed by atoms with Crippen molar-refractivity contribution in [1.29, 1.82) is 0 Å². The predicted octanol–water partition coefficient (Wildman–Crippen LogP) is 0.956. The predicted molar refractivity (Wildman–Crippen MR) is 106 cm³/mol. The number of fused-ring (bicyclic) bond motifs is 1. The van der Waals surface area contributed by atoms with E-state index in [0.29, 0.717) is 24.3 Å². The van der Waals surface area contributed by atoms with Crippen LogP contribution in [0.25, 0.3) is 11.2 Å². The van der Waals surface area contributed by atoms with Crippen LogP contribution in [-0.4, -0.2) is 63.7 Å². The zero-order valence-electron chi connectivity index (χ0n) is 16.2. The van der Waals surface area contributed by atoms with Crippen molar-refractivity contribution in [3.8, 4) is 6.01 Å². The molecule has 0 bridgehead atoms. The van der Waals surface area contributed by atoms with Crippen molar-refractivity contribution < 1.29 is 4.74 Å². The molecule has 0 atom stereocenters. The third-order valence-corrected chi connectivity index (χ3v) is 4.92. The number of nitrogens with two attached hydrogens (primary N) is 1. The maximum absolute atomic E-state index is 12.3. The molecule has 1 fully saturated rings. The van der Waals surface area contributed by atoms with Crippen LogP contribution in [0.15, 0.2) is 4.79 Å². The van der Waals surface area contributed by atoms with Crippen molar-refractivity contribution in [2.24, 2.45) is 0 Å². The number of rotatable bonds is 10. The second kappa shape index (κ2) is 9.70. The first-order valence-corrected chi connectivity index (χ1v) is 10.0. The minimum Gasteiger partial charge on any atom is -0.463 e. The van der Waals surface area contributed by atoms with E-state index in [1.807, 2.05) is 0 Å². The standard InChI is InChI=1S/C18H31N7O2/c1-2-3-13-27-17-22-15(19)14-16(23-17)25(18(26)21-14)10-6-4-5-9-24-11-7-20-8-12-24/h20H,2-13H2,1H3,(H,21,26)(H2,19,22,23). The van der Waals surface area contributed by atoms with Crippen LogP contribution >= 0.6 is 0 Å². The van der Waals surface area contributed by atoms with E-state index in [9.17, 15) is 4.79 Å². The van der Waals surface area contributed by atoms with Crippen LogP contribution in [0.5, 0.6) is 6.01 Å². The molecule has 150 valence electrons. The Morgan fingerprint density at radius 3 is 2.67 bits per heavy atom. The van der Waals surface area contributed by atoms with Gasteiger partial charge < -0.3 is 25.7 Å². The second-order valence-electron chi connectivity index (χ2n) is 7.03. The van der Waals surface area contributed by atoms with Crippen molar-refractivity contribution in [2.75, 3.05) is 45.1 Å². The number of aromatic amines is 1. The van der Waals surface area contributed by atoms with Crippen LogP contribution in [0.3, 0.4) is 0 Å². The van der Waals surface area contributed by atoms with Crippen LogP contribution in [0.1, 0.15) is 39.0 Å². The fraction of sp³-hybridized carbons (Fsp3) is 0.722. The molecule has 2 aromatic heterocycles. The van der Waals surface area contributed by atoms with Gasteiger partial charge in [-0.15, -0.1) is 0 Å². The van der Waals surface area contributed by atoms with Crippen molar-refractivity contribution in [3.05, 3.63) is 10.5 Å². The van der Waals surface area contributed by atoms with Crippen molar-refractivity contribution in [2.45, 2.75) is 45.6 Å². The molecule has 27 heavy (non-hydrogen) atoms. The van der Waals surface area contributed by atoms with Gasteiger partial charge in [0.05, 0.1) is 6.61 Å². The van der Waals surface area contributed by atoms with Gasteiger partial charge in [0, 0.05) is 32.7 Å². The number of nitrogens with zero attached hydrogens (tertiary/aromatic N) is 4. The molecule has 0 spiro atoms. The highest BCUT2D eigenvalue weighted by atomic mass is 16.5. The monoisotopic (exact) mass is 377 g/mol. The number of imidazole rings is 1. The lowest BCUT2D eigenvalue weighted by molar-refractivity contribution is 0.235. The molecule has 1 saturated heterocycles. The van der Waals surface area contributed by atoms with E-state index in [2.05, 4.69) is 32.1 Å². The van der Waals surface area contributed by atoms with E-state index in [-0.39, 0.29) is 17.5 Å². The van der Waals surface area contributed by atoms with Gasteiger partial charge in [-0.05, 0) is 25.8 Å². The lowest BCUT2D eigenvalue weighted by Crippen LogP contribution is -2.43. The minimum atomic E-state index is -0.196. The molecule has 2 aromatic rings. The number of unbranched alkanes of at least 4 members (excludes halogenated alkanes) is 3. The van der Waals surface area contributed by atoms with E-state index in [4.69, 9.17) is 10.5 Å². The van der Waals surface area contributed by atoms with Crippen molar-refractivity contribution >= 4 is 17.0 Å². The van der Waals surface area contributed by atoms with E-state index in [0.717, 1.165) is 64.8 Å². The SMILES string of the molecule is CCCCOc1nc(N)c2[nH]c(=O)n(CCCCCN3CCNCC3)c2n1. The molecular weight excluding hydrogens is 346 g/mol. The Kier molecular flexibility index (Phi) is 7.05. The van der Waals surface area contributed by atoms with Gasteiger partial charge >= 0.3 is 11.7 Å². The maximum atomic E-state index is 12.3. The smallest absolute Gasteiger partial charge is 0.327 e. The number of anilines is 1. The number of H-pyrrole nitrogens is 1. The molecule has 4 N–H and O–H groups in total. The third-order valence-electron chi connectivity index (χ3n) is 4.92. The summed E-state index contributed by atoms with van der Waals surface area (Å²) in [6, 6.07) is 0.236. The number of ether oxygens (including phenoxy) is 1. The summed E-state index contributed by atoms with van der Waals surface area (Å²) in [6.45, 7) is 8.77. The molecule has 0 unspecified atom stereocenters. The molecule has 0 saturated carbocycles. The number of aromatic nitrogens is 4. The molecule has 9 nitrogen and oxygen atoms in total. The Labute approximate surface area is 159 Å². The van der Waals surface area contributed by atoms with Gasteiger partial charge in [0.15, 0.2) is 11.5 Å². The van der Waals surface area contributed by atoms with E-state index in [1.54, 1.807) is 4.57 Å². The summed E-state index contributed by atoms with van der Waals surface area (Å²) in [5, 5.41) is 3.37. The molecule has 9 heteroatoms. The second-order valence-corrected chi connectivity index (χ2v) is 7.03. The molecule has 3 rings (SSSR count). The first-order chi connectivity index (χ1) is 13.2. The summed E-state index contributed by atoms with van der Waals surface area (Å²) in [7, 11) is 0. The van der Waals surface area contributed by atoms with Gasteiger partial charge in [0.25, 0.3) is 0 Å². The van der Waals surface area contributed by atoms with Gasteiger partial charge in [-0.3, -0.25) is 4.57 Å². The van der Waals surface area contributed by atoms with Crippen LogP contribution in [0.2, 0.25) is 0 Å². The van der Waals surface area contributed by atoms with E-state index < -0.39 is 0 Å². The van der Waals surface area contributed by atoms with Gasteiger partial charge in [-0.25, -0.2) is 4.79 Å². The largest absolute Gasteiger partial charge is 0.463 e. The van der Waals surface area contributed by atoms with Crippen LogP contribution in [0, 0.1) is 0 Å². The molecular formula is C18H31N7O2. The van der Waals surface area contributed by atoms with Gasteiger partial charge in [-0.1, -0.05) is 19.8 Å². The van der Waals surface area contributed by atoms with Crippen LogP contribution < -0.4 is 21.5 Å². The Morgan fingerprint density at radius 1 is 1.11 bits per heavy atom. The number of hydrogen-bond acceptors (Lipinski definition) is 7. The number of hydrogen-bond donors (Lipinski definition) is 3. The quantitative estimate of drug-likeness (QED) is 0.528. The molecule has 1 aliphatic heterocycles. The van der Waals surface area contributed by atoms with E-state index >= 15 is 0 Å². The molecule has 0 aromatic carbocycles. The molecule has 0 radical (unpaired) electrons. The zero-order valence-corrected chi connectivity index (χ0v) is 16.2. The fourth-order valence-corrected chi connectivity index (χ4v) is 3.33. The number of piperazine rings is 1. The summed E-state index contributed by atoms with van der Waals surface area (Å²) < 4.78 is 7.21. The minimum absolute atomic E-state index is 0.196. The van der Waals surface area contributed by atoms with Gasteiger partial charge in [0.1, 0.15) is 5.52 Å². The first-order valence-electron chi connectivity index (χ1n) is 10.0. The Hall–Kier alpha value is -2.13. The fourth-order valence-electron chi connectivity index (χ4n) is 3.33. The normalized spacial score (nSPS) is 15.4. The number of nitrogens with one attached hydrogen (secondary N) is 2. The highest BCUT2D eigenvalue weighted by Crippen LogP contribution is 2.18. The van der Waals surface area contributed by atoms with Crippen LogP contribution in [0.4, 0.5) is 5.82 Å².